The Bertz CT molecular complexity index is 1210. The maximum Gasteiger partial charge on any atom is 0.260 e. The van der Waals surface area contributed by atoms with Crippen LogP contribution in [0.1, 0.15) is 52.5 Å². The number of hydrogen-bond acceptors (Lipinski definition) is 6. The number of rotatable bonds is 4. The standard InChI is InChI=1S/C26H36N6O/c1-17-11-9-12-18-21(17)23(30(6)7)22(24(33)27-18)19-13-14-20(29-28-19)31(8)32-25(2,3)15-10-16-26(32,4)5/h9,11-14H,10,15-16H2,1-8H3,(H,27,33). The second kappa shape index (κ2) is 8.13. The number of benzene rings is 1. The van der Waals surface area contributed by atoms with Gasteiger partial charge in [-0.25, -0.2) is 5.01 Å². The Kier molecular flexibility index (Phi) is 5.73. The summed E-state index contributed by atoms with van der Waals surface area (Å²) in [6.45, 7) is 11.2. The molecule has 1 N–H and O–H groups in total. The van der Waals surface area contributed by atoms with Crippen molar-refractivity contribution < 1.29 is 0 Å². The molecule has 0 amide bonds. The van der Waals surface area contributed by atoms with Gasteiger partial charge in [-0.1, -0.05) is 12.1 Å². The molecule has 1 aromatic carbocycles. The SMILES string of the molecule is Cc1cccc2[nH]c(=O)c(-c3ccc(N(C)N4C(C)(C)CCCC4(C)C)nn3)c(N(C)C)c12. The van der Waals surface area contributed by atoms with Crippen molar-refractivity contribution in [3.05, 3.63) is 46.2 Å². The molecule has 1 fully saturated rings. The van der Waals surface area contributed by atoms with E-state index in [2.05, 4.69) is 72.9 Å². The summed E-state index contributed by atoms with van der Waals surface area (Å²) in [4.78, 5) is 18.2. The quantitative estimate of drug-likeness (QED) is 0.621. The van der Waals surface area contributed by atoms with Crippen molar-refractivity contribution in [3.63, 3.8) is 0 Å². The molecule has 0 spiro atoms. The van der Waals surface area contributed by atoms with Crippen LogP contribution in [0, 0.1) is 6.92 Å². The number of aromatic amines is 1. The average Bonchev–Trinajstić information content (AvgIpc) is 2.71. The normalized spacial score (nSPS) is 17.8. The topological polar surface area (TPSA) is 68.4 Å². The molecule has 2 aromatic heterocycles. The minimum absolute atomic E-state index is 0.0158. The third-order valence-electron chi connectivity index (χ3n) is 6.93. The molecule has 3 aromatic rings. The summed E-state index contributed by atoms with van der Waals surface area (Å²) in [5.74, 6) is 0.765. The fraction of sp³-hybridized carbons (Fsp3) is 0.500. The van der Waals surface area contributed by atoms with Gasteiger partial charge in [0.1, 0.15) is 5.69 Å². The highest BCUT2D eigenvalue weighted by atomic mass is 16.1. The lowest BCUT2D eigenvalue weighted by atomic mass is 9.81. The summed E-state index contributed by atoms with van der Waals surface area (Å²) in [6.07, 6.45) is 3.47. The zero-order chi connectivity index (χ0) is 24.1. The number of nitrogens with zero attached hydrogens (tertiary/aromatic N) is 5. The van der Waals surface area contributed by atoms with Crippen molar-refractivity contribution >= 4 is 22.4 Å². The molecule has 1 aliphatic rings. The Morgan fingerprint density at radius 1 is 0.970 bits per heavy atom. The van der Waals surface area contributed by atoms with Crippen LogP contribution in [0.4, 0.5) is 11.5 Å². The number of aromatic nitrogens is 3. The Labute approximate surface area is 196 Å². The Morgan fingerprint density at radius 3 is 2.21 bits per heavy atom. The number of fused-ring (bicyclic) bond motifs is 1. The van der Waals surface area contributed by atoms with Crippen LogP contribution in [0.2, 0.25) is 0 Å². The van der Waals surface area contributed by atoms with E-state index in [-0.39, 0.29) is 16.6 Å². The number of piperidine rings is 1. The first-order valence-corrected chi connectivity index (χ1v) is 11.6. The van der Waals surface area contributed by atoms with Gasteiger partial charge in [-0.2, -0.15) is 0 Å². The maximum absolute atomic E-state index is 13.1. The Balaban J connectivity index is 1.80. The monoisotopic (exact) mass is 448 g/mol. The third kappa shape index (κ3) is 3.99. The lowest BCUT2D eigenvalue weighted by molar-refractivity contribution is -0.0332. The average molecular weight is 449 g/mol. The van der Waals surface area contributed by atoms with E-state index in [0.717, 1.165) is 40.8 Å². The molecular formula is C26H36N6O. The largest absolute Gasteiger partial charge is 0.376 e. The van der Waals surface area contributed by atoms with Gasteiger partial charge in [-0.15, -0.1) is 10.2 Å². The van der Waals surface area contributed by atoms with Crippen molar-refractivity contribution in [1.82, 2.24) is 20.2 Å². The molecule has 1 saturated heterocycles. The number of hydrogen-bond donors (Lipinski definition) is 1. The summed E-state index contributed by atoms with van der Waals surface area (Å²) < 4.78 is 0. The fourth-order valence-electron chi connectivity index (χ4n) is 5.72. The summed E-state index contributed by atoms with van der Waals surface area (Å²) in [5, 5.41) is 14.7. The van der Waals surface area contributed by atoms with Crippen molar-refractivity contribution in [2.24, 2.45) is 0 Å². The molecule has 176 valence electrons. The van der Waals surface area contributed by atoms with Crippen molar-refractivity contribution in [2.75, 3.05) is 31.1 Å². The first kappa shape index (κ1) is 23.2. The molecule has 0 unspecified atom stereocenters. The van der Waals surface area contributed by atoms with E-state index in [1.54, 1.807) is 0 Å². The molecular weight excluding hydrogens is 412 g/mol. The summed E-state index contributed by atoms with van der Waals surface area (Å²) >= 11 is 0. The van der Waals surface area contributed by atoms with E-state index in [1.807, 2.05) is 43.3 Å². The summed E-state index contributed by atoms with van der Waals surface area (Å²) in [6, 6.07) is 9.82. The third-order valence-corrected chi connectivity index (χ3v) is 6.93. The van der Waals surface area contributed by atoms with Gasteiger partial charge < -0.3 is 9.88 Å². The van der Waals surface area contributed by atoms with Crippen molar-refractivity contribution in [2.45, 2.75) is 65.0 Å². The molecule has 7 heteroatoms. The van der Waals surface area contributed by atoms with Gasteiger partial charge in [0.15, 0.2) is 5.82 Å². The number of nitrogens with one attached hydrogen (secondary N) is 1. The molecule has 0 bridgehead atoms. The minimum Gasteiger partial charge on any atom is -0.376 e. The second-order valence-electron chi connectivity index (χ2n) is 10.7. The molecule has 3 heterocycles. The highest BCUT2D eigenvalue weighted by Crippen LogP contribution is 2.40. The zero-order valence-electron chi connectivity index (χ0n) is 21.2. The number of anilines is 2. The maximum atomic E-state index is 13.1. The van der Waals surface area contributed by atoms with Crippen LogP contribution < -0.4 is 15.5 Å². The van der Waals surface area contributed by atoms with Gasteiger partial charge >= 0.3 is 0 Å². The summed E-state index contributed by atoms with van der Waals surface area (Å²) in [5.41, 5.74) is 3.77. The number of aryl methyl sites for hydroxylation is 1. The van der Waals surface area contributed by atoms with Gasteiger partial charge in [0.25, 0.3) is 5.56 Å². The van der Waals surface area contributed by atoms with Crippen molar-refractivity contribution in [1.29, 1.82) is 0 Å². The lowest BCUT2D eigenvalue weighted by Gasteiger charge is -2.56. The number of hydrazine groups is 1. The predicted octanol–water partition coefficient (Wildman–Crippen LogP) is 4.75. The van der Waals surface area contributed by atoms with E-state index >= 15 is 0 Å². The first-order valence-electron chi connectivity index (χ1n) is 11.6. The second-order valence-corrected chi connectivity index (χ2v) is 10.7. The van der Waals surface area contributed by atoms with Gasteiger partial charge in [0.2, 0.25) is 0 Å². The van der Waals surface area contributed by atoms with Gasteiger partial charge in [0, 0.05) is 37.6 Å². The molecule has 0 aliphatic carbocycles. The van der Waals surface area contributed by atoms with Crippen molar-refractivity contribution in [3.8, 4) is 11.3 Å². The van der Waals surface area contributed by atoms with Crippen LogP contribution in [0.5, 0.6) is 0 Å². The van der Waals surface area contributed by atoms with Crippen LogP contribution in [0.15, 0.2) is 35.1 Å². The van der Waals surface area contributed by atoms with Gasteiger partial charge in [-0.05, 0) is 77.6 Å². The number of H-pyrrole nitrogens is 1. The van der Waals surface area contributed by atoms with Crippen LogP contribution in [0.3, 0.4) is 0 Å². The Morgan fingerprint density at radius 2 is 1.64 bits per heavy atom. The van der Waals surface area contributed by atoms with Gasteiger partial charge in [-0.3, -0.25) is 9.80 Å². The molecule has 0 saturated carbocycles. The van der Waals surface area contributed by atoms with E-state index in [0.29, 0.717) is 11.3 Å². The van der Waals surface area contributed by atoms with E-state index in [1.165, 1.54) is 6.42 Å². The molecule has 0 radical (unpaired) electrons. The van der Waals surface area contributed by atoms with E-state index in [4.69, 9.17) is 0 Å². The molecule has 33 heavy (non-hydrogen) atoms. The highest BCUT2D eigenvalue weighted by molar-refractivity contribution is 6.01. The Hall–Kier alpha value is -2.93. The van der Waals surface area contributed by atoms with E-state index < -0.39 is 0 Å². The summed E-state index contributed by atoms with van der Waals surface area (Å²) in [7, 11) is 5.97. The minimum atomic E-state index is -0.162. The zero-order valence-corrected chi connectivity index (χ0v) is 21.2. The van der Waals surface area contributed by atoms with Crippen LogP contribution >= 0.6 is 0 Å². The molecule has 7 nitrogen and oxygen atoms in total. The molecule has 1 aliphatic heterocycles. The fourth-order valence-corrected chi connectivity index (χ4v) is 5.72. The molecule has 0 atom stereocenters. The predicted molar refractivity (Wildman–Crippen MR) is 137 cm³/mol. The van der Waals surface area contributed by atoms with Crippen LogP contribution in [-0.4, -0.2) is 52.4 Å². The lowest BCUT2D eigenvalue weighted by Crippen LogP contribution is -2.64. The molecule has 4 rings (SSSR count). The van der Waals surface area contributed by atoms with Crippen LogP contribution in [0.25, 0.3) is 22.2 Å². The van der Waals surface area contributed by atoms with E-state index in [9.17, 15) is 4.79 Å². The first-order chi connectivity index (χ1) is 15.4. The smallest absolute Gasteiger partial charge is 0.260 e. The highest BCUT2D eigenvalue weighted by Gasteiger charge is 2.44. The number of pyridine rings is 1. The van der Waals surface area contributed by atoms with Crippen LogP contribution in [-0.2, 0) is 0 Å². The van der Waals surface area contributed by atoms with Gasteiger partial charge in [0.05, 0.1) is 16.8 Å².